The van der Waals surface area contributed by atoms with E-state index in [1.54, 1.807) is 6.20 Å². The molecule has 35 heavy (non-hydrogen) atoms. The van der Waals surface area contributed by atoms with Gasteiger partial charge in [-0.05, 0) is 25.9 Å². The summed E-state index contributed by atoms with van der Waals surface area (Å²) in [5, 5.41) is 3.56. The molecule has 2 aromatic heterocycles. The number of nitrogens with zero attached hydrogens (tertiary/aromatic N) is 4. The minimum absolute atomic E-state index is 0. The van der Waals surface area contributed by atoms with Crippen molar-refractivity contribution >= 4 is 35.8 Å². The number of nitrogens with one attached hydrogen (secondary N) is 1. The number of aromatic nitrogens is 3. The molecule has 8 nitrogen and oxygen atoms in total. The Morgan fingerprint density at radius 2 is 1.66 bits per heavy atom. The van der Waals surface area contributed by atoms with Gasteiger partial charge in [0, 0.05) is 43.9 Å². The van der Waals surface area contributed by atoms with Gasteiger partial charge in [-0.25, -0.2) is 13.8 Å². The summed E-state index contributed by atoms with van der Waals surface area (Å²) >= 11 is 0. The van der Waals surface area contributed by atoms with Gasteiger partial charge < -0.3 is 24.3 Å². The summed E-state index contributed by atoms with van der Waals surface area (Å²) in [4.78, 5) is 22.9. The molecule has 0 aliphatic carbocycles. The van der Waals surface area contributed by atoms with Gasteiger partial charge in [-0.3, -0.25) is 9.78 Å². The molecule has 12 heteroatoms. The second-order valence-corrected chi connectivity index (χ2v) is 8.32. The molecule has 1 aromatic carbocycles. The van der Waals surface area contributed by atoms with Gasteiger partial charge in [0.2, 0.25) is 0 Å². The van der Waals surface area contributed by atoms with Crippen molar-refractivity contribution in [1.29, 1.82) is 0 Å². The molecule has 2 aliphatic heterocycles. The largest absolute Gasteiger partial charge is 0.486 e. The minimum atomic E-state index is -0.983. The van der Waals surface area contributed by atoms with E-state index in [9.17, 15) is 13.6 Å². The summed E-state index contributed by atoms with van der Waals surface area (Å²) in [5.41, 5.74) is 1.17. The van der Waals surface area contributed by atoms with Crippen LogP contribution in [0.15, 0.2) is 35.4 Å². The molecule has 1 fully saturated rings. The zero-order chi connectivity index (χ0) is 22.8. The van der Waals surface area contributed by atoms with E-state index in [4.69, 9.17) is 9.47 Å². The van der Waals surface area contributed by atoms with E-state index in [0.29, 0.717) is 50.2 Å². The topological polar surface area (TPSA) is 81.5 Å². The quantitative estimate of drug-likeness (QED) is 0.525. The number of ether oxygens (including phenoxy) is 2. The van der Waals surface area contributed by atoms with Crippen molar-refractivity contribution in [3.05, 3.63) is 58.3 Å². The fourth-order valence-corrected chi connectivity index (χ4v) is 4.33. The Hall–Kier alpha value is -2.53. The second kappa shape index (κ2) is 11.9. The molecule has 0 atom stereocenters. The fourth-order valence-electron chi connectivity index (χ4n) is 4.33. The average molecular weight is 530 g/mol. The first-order valence-electron chi connectivity index (χ1n) is 11.1. The number of piperidine rings is 1. The van der Waals surface area contributed by atoms with Crippen LogP contribution in [0.25, 0.3) is 11.0 Å². The lowest BCUT2D eigenvalue weighted by molar-refractivity contribution is 0.170. The maximum atomic E-state index is 13.7. The third kappa shape index (κ3) is 6.19. The van der Waals surface area contributed by atoms with Gasteiger partial charge in [-0.15, -0.1) is 24.8 Å². The molecular weight excluding hydrogens is 503 g/mol. The van der Waals surface area contributed by atoms with E-state index in [1.807, 2.05) is 6.07 Å². The molecule has 0 bridgehead atoms. The summed E-state index contributed by atoms with van der Waals surface area (Å²) in [6.07, 6.45) is 4.80. The van der Waals surface area contributed by atoms with Crippen molar-refractivity contribution in [2.45, 2.75) is 32.0 Å². The van der Waals surface area contributed by atoms with Gasteiger partial charge in [0.1, 0.15) is 13.2 Å². The van der Waals surface area contributed by atoms with Crippen LogP contribution in [0.5, 0.6) is 11.5 Å². The summed E-state index contributed by atoms with van der Waals surface area (Å²) < 4.78 is 39.8. The van der Waals surface area contributed by atoms with Crippen molar-refractivity contribution in [1.82, 2.24) is 24.8 Å². The van der Waals surface area contributed by atoms with E-state index >= 15 is 0 Å². The van der Waals surface area contributed by atoms with Crippen LogP contribution >= 0.6 is 24.8 Å². The van der Waals surface area contributed by atoms with E-state index in [1.165, 1.54) is 4.57 Å². The lowest BCUT2D eigenvalue weighted by atomic mass is 10.0. The zero-order valence-corrected chi connectivity index (χ0v) is 20.5. The van der Waals surface area contributed by atoms with Crippen molar-refractivity contribution in [3.8, 4) is 11.5 Å². The molecule has 0 amide bonds. The monoisotopic (exact) mass is 529 g/mol. The molecule has 1 saturated heterocycles. The third-order valence-electron chi connectivity index (χ3n) is 6.17. The Labute approximate surface area is 213 Å². The van der Waals surface area contributed by atoms with Crippen molar-refractivity contribution in [2.24, 2.45) is 0 Å². The lowest BCUT2D eigenvalue weighted by Crippen LogP contribution is -2.43. The molecule has 2 aliphatic rings. The first kappa shape index (κ1) is 27.1. The van der Waals surface area contributed by atoms with Crippen LogP contribution in [-0.2, 0) is 13.1 Å². The first-order valence-corrected chi connectivity index (χ1v) is 11.1. The predicted molar refractivity (Wildman–Crippen MR) is 132 cm³/mol. The molecular formula is C23H27Cl2F2N5O3. The van der Waals surface area contributed by atoms with Gasteiger partial charge >= 0.3 is 0 Å². The maximum absolute atomic E-state index is 13.7. The summed E-state index contributed by atoms with van der Waals surface area (Å²) in [6.45, 7) is 4.56. The second-order valence-electron chi connectivity index (χ2n) is 8.32. The van der Waals surface area contributed by atoms with Crippen molar-refractivity contribution in [2.75, 3.05) is 32.8 Å². The molecule has 3 aromatic rings. The fraction of sp³-hybridized carbons (Fsp3) is 0.435. The summed E-state index contributed by atoms with van der Waals surface area (Å²) in [6, 6.07) is 4.36. The highest BCUT2D eigenvalue weighted by atomic mass is 35.5. The highest BCUT2D eigenvalue weighted by Crippen LogP contribution is 2.29. The van der Waals surface area contributed by atoms with E-state index < -0.39 is 11.6 Å². The molecule has 0 spiro atoms. The highest BCUT2D eigenvalue weighted by molar-refractivity contribution is 5.85. The van der Waals surface area contributed by atoms with Crippen LogP contribution in [-0.4, -0.2) is 58.3 Å². The van der Waals surface area contributed by atoms with Crippen LogP contribution in [0.1, 0.15) is 18.5 Å². The Balaban J connectivity index is 0.00000171. The molecule has 4 heterocycles. The maximum Gasteiger partial charge on any atom is 0.269 e. The van der Waals surface area contributed by atoms with Crippen LogP contribution < -0.4 is 20.3 Å². The van der Waals surface area contributed by atoms with E-state index in [-0.39, 0.29) is 35.9 Å². The number of hydrogen-bond donors (Lipinski definition) is 1. The average Bonchev–Trinajstić information content (AvgIpc) is 2.84. The van der Waals surface area contributed by atoms with Gasteiger partial charge in [-0.2, -0.15) is 0 Å². The number of halogens is 4. The molecule has 1 N–H and O–H groups in total. The number of benzene rings is 1. The molecule has 190 valence electrons. The van der Waals surface area contributed by atoms with Gasteiger partial charge in [0.05, 0.1) is 29.1 Å². The van der Waals surface area contributed by atoms with Crippen molar-refractivity contribution < 1.29 is 18.3 Å². The Morgan fingerprint density at radius 3 is 2.43 bits per heavy atom. The molecule has 0 radical (unpaired) electrons. The lowest BCUT2D eigenvalue weighted by Gasteiger charge is -2.32. The normalized spacial score (nSPS) is 15.9. The highest BCUT2D eigenvalue weighted by Gasteiger charge is 2.20. The summed E-state index contributed by atoms with van der Waals surface area (Å²) in [5.74, 6) is -0.527. The SMILES string of the molecule is Cl.Cl.O=c1cnc2cc(F)c(F)cc2n1CCN1CCC(NCc2cc3c(cn2)OCCO3)CC1. The zero-order valence-electron chi connectivity index (χ0n) is 18.9. The van der Waals surface area contributed by atoms with Crippen LogP contribution in [0.2, 0.25) is 0 Å². The Morgan fingerprint density at radius 1 is 0.943 bits per heavy atom. The number of likely N-dealkylation sites (tertiary alicyclic amines) is 1. The predicted octanol–water partition coefficient (Wildman–Crippen LogP) is 2.94. The standard InChI is InChI=1S/C23H25F2N5O3.2ClH/c24-17-10-19-20(11-18(17)25)30(23(31)14-28-19)6-5-29-3-1-15(2-4-29)26-12-16-9-21-22(13-27-16)33-8-7-32-21;;/h9-11,13-15,26H,1-8,12H2;2*1H. The smallest absolute Gasteiger partial charge is 0.269 e. The number of pyridine rings is 1. The molecule has 5 rings (SSSR count). The summed E-state index contributed by atoms with van der Waals surface area (Å²) in [7, 11) is 0. The Kier molecular flexibility index (Phi) is 9.23. The number of hydrogen-bond acceptors (Lipinski definition) is 7. The Bertz CT molecular complexity index is 1220. The van der Waals surface area contributed by atoms with Crippen LogP contribution in [0.4, 0.5) is 8.78 Å². The van der Waals surface area contributed by atoms with Crippen LogP contribution in [0.3, 0.4) is 0 Å². The van der Waals surface area contributed by atoms with Gasteiger partial charge in [-0.1, -0.05) is 0 Å². The van der Waals surface area contributed by atoms with Crippen molar-refractivity contribution in [3.63, 3.8) is 0 Å². The number of fused-ring (bicyclic) bond motifs is 2. The number of rotatable bonds is 6. The van der Waals surface area contributed by atoms with Crippen LogP contribution in [0, 0.1) is 11.6 Å². The first-order chi connectivity index (χ1) is 16.1. The van der Waals surface area contributed by atoms with Gasteiger partial charge in [0.15, 0.2) is 23.1 Å². The van der Waals surface area contributed by atoms with E-state index in [2.05, 4.69) is 20.2 Å². The van der Waals surface area contributed by atoms with Gasteiger partial charge in [0.25, 0.3) is 5.56 Å². The molecule has 0 unspecified atom stereocenters. The van der Waals surface area contributed by atoms with E-state index in [0.717, 1.165) is 55.7 Å². The third-order valence-corrected chi connectivity index (χ3v) is 6.17. The minimum Gasteiger partial charge on any atom is -0.486 e. The molecule has 0 saturated carbocycles.